The fraction of sp³-hybridized carbons (Fsp3) is 0.475. The minimum Gasteiger partial charge on any atom is -0.368 e. The van der Waals surface area contributed by atoms with E-state index in [1.165, 1.54) is 34.2 Å². The lowest BCUT2D eigenvalue weighted by Crippen LogP contribution is -2.50. The van der Waals surface area contributed by atoms with Crippen LogP contribution in [0.2, 0.25) is 0 Å². The van der Waals surface area contributed by atoms with Gasteiger partial charge in [0, 0.05) is 102 Å². The molecule has 3 atom stereocenters. The first-order valence-electron chi connectivity index (χ1n) is 19.2. The third-order valence-electron chi connectivity index (χ3n) is 11.8. The van der Waals surface area contributed by atoms with Crippen LogP contribution in [0.4, 0.5) is 21.5 Å². The highest BCUT2D eigenvalue weighted by atomic mass is 32.2. The van der Waals surface area contributed by atoms with Crippen LogP contribution in [0.15, 0.2) is 53.5 Å². The van der Waals surface area contributed by atoms with E-state index in [1.807, 2.05) is 16.4 Å². The highest BCUT2D eigenvalue weighted by Gasteiger charge is 2.42. The molecule has 290 valence electrons. The van der Waals surface area contributed by atoms with Crippen molar-refractivity contribution in [3.8, 4) is 6.07 Å². The number of pyridine rings is 1. The largest absolute Gasteiger partial charge is 0.368 e. The lowest BCUT2D eigenvalue weighted by Gasteiger charge is -2.33. The highest BCUT2D eigenvalue weighted by Crippen LogP contribution is 2.38. The van der Waals surface area contributed by atoms with Gasteiger partial charge in [0.15, 0.2) is 11.2 Å². The number of anilines is 3. The van der Waals surface area contributed by atoms with E-state index >= 15 is 0 Å². The van der Waals surface area contributed by atoms with Crippen molar-refractivity contribution in [2.75, 3.05) is 76.7 Å². The Morgan fingerprint density at radius 1 is 1.04 bits per heavy atom. The smallest absolute Gasteiger partial charge is 0.273 e. The third kappa shape index (κ3) is 7.66. The Kier molecular flexibility index (Phi) is 10.5. The fourth-order valence-electron chi connectivity index (χ4n) is 8.50. The zero-order valence-electron chi connectivity index (χ0n) is 31.7. The maximum atomic E-state index is 14.2. The van der Waals surface area contributed by atoms with E-state index in [1.54, 1.807) is 20.3 Å². The zero-order valence-corrected chi connectivity index (χ0v) is 32.5. The molecule has 3 unspecified atom stereocenters. The van der Waals surface area contributed by atoms with Gasteiger partial charge in [-0.05, 0) is 86.2 Å². The average molecular weight is 769 g/mol. The number of hydrogen-bond donors (Lipinski definition) is 3. The summed E-state index contributed by atoms with van der Waals surface area (Å²) < 4.78 is 34.2. The number of piperazine rings is 1. The number of fused-ring (bicyclic) bond motifs is 2. The van der Waals surface area contributed by atoms with Gasteiger partial charge in [-0.15, -0.1) is 0 Å². The summed E-state index contributed by atoms with van der Waals surface area (Å²) in [5.74, 6) is -0.464. The summed E-state index contributed by atoms with van der Waals surface area (Å²) in [7, 11) is 3.22. The van der Waals surface area contributed by atoms with Gasteiger partial charge < -0.3 is 24.7 Å². The monoisotopic (exact) mass is 768 g/mol. The number of aromatic amines is 1. The second-order valence-electron chi connectivity index (χ2n) is 15.6. The Bertz CT molecular complexity index is 2220. The highest BCUT2D eigenvalue weighted by molar-refractivity contribution is 7.80. The number of rotatable bonds is 12. The number of nitrogens with one attached hydrogen (secondary N) is 3. The Labute approximate surface area is 323 Å². The van der Waals surface area contributed by atoms with Crippen LogP contribution in [0.25, 0.3) is 10.9 Å². The number of nitrogens with zero attached hydrogens (tertiary/aromatic N) is 7. The van der Waals surface area contributed by atoms with Crippen molar-refractivity contribution in [3.63, 3.8) is 0 Å². The molecule has 4 aliphatic rings. The van der Waals surface area contributed by atoms with E-state index in [4.69, 9.17) is 0 Å². The van der Waals surface area contributed by atoms with Crippen LogP contribution >= 0.6 is 0 Å². The van der Waals surface area contributed by atoms with Crippen molar-refractivity contribution >= 4 is 45.0 Å². The van der Waals surface area contributed by atoms with E-state index in [0.717, 1.165) is 94.8 Å². The van der Waals surface area contributed by atoms with Crippen LogP contribution in [-0.4, -0.2) is 117 Å². The third-order valence-corrected chi connectivity index (χ3v) is 13.2. The maximum absolute atomic E-state index is 14.2. The number of H-pyrrole nitrogens is 1. The average Bonchev–Trinajstić information content (AvgIpc) is 3.59. The van der Waals surface area contributed by atoms with Crippen LogP contribution in [0, 0.1) is 30.0 Å². The number of halogens is 1. The normalized spacial score (nSPS) is 21.2. The summed E-state index contributed by atoms with van der Waals surface area (Å²) in [5.41, 5.74) is 5.44. The van der Waals surface area contributed by atoms with E-state index in [0.29, 0.717) is 41.6 Å². The maximum Gasteiger partial charge on any atom is 0.273 e. The second kappa shape index (κ2) is 15.5. The van der Waals surface area contributed by atoms with Crippen LogP contribution < -0.4 is 20.5 Å². The SMILES string of the molecule is Cc1c(CN2CCC3CN(c4cc[nH]c(=O)c4Nc4ccc(F)cc4C(=O)N(C)C)CC32)ccc2c1cc(C#N)n2CCN1CCN(S(=O)NC2CC2)CC1. The van der Waals surface area contributed by atoms with E-state index in [9.17, 15) is 23.5 Å². The zero-order chi connectivity index (χ0) is 38.4. The van der Waals surface area contributed by atoms with Gasteiger partial charge in [-0.25, -0.2) is 17.6 Å². The van der Waals surface area contributed by atoms with E-state index in [2.05, 4.69) is 59.4 Å². The molecule has 3 aliphatic heterocycles. The van der Waals surface area contributed by atoms with Crippen LogP contribution in [0.1, 0.15) is 46.4 Å². The minimum atomic E-state index is -1.11. The van der Waals surface area contributed by atoms with Gasteiger partial charge in [-0.2, -0.15) is 5.26 Å². The first-order chi connectivity index (χ1) is 26.6. The first kappa shape index (κ1) is 37.3. The van der Waals surface area contributed by atoms with Gasteiger partial charge in [-0.3, -0.25) is 19.4 Å². The summed E-state index contributed by atoms with van der Waals surface area (Å²) >= 11 is -1.11. The van der Waals surface area contributed by atoms with E-state index in [-0.39, 0.29) is 17.0 Å². The van der Waals surface area contributed by atoms with Crippen molar-refractivity contribution in [3.05, 3.63) is 87.2 Å². The molecule has 5 heterocycles. The lowest BCUT2D eigenvalue weighted by atomic mass is 10.0. The number of amides is 1. The first-order valence-corrected chi connectivity index (χ1v) is 20.3. The Morgan fingerprint density at radius 2 is 1.84 bits per heavy atom. The summed E-state index contributed by atoms with van der Waals surface area (Å²) in [4.78, 5) is 37.5. The molecule has 2 aromatic heterocycles. The number of carbonyl (C=O) groups is 1. The van der Waals surface area contributed by atoms with Crippen molar-refractivity contribution in [1.82, 2.24) is 33.3 Å². The summed E-state index contributed by atoms with van der Waals surface area (Å²) in [5, 5.41) is 14.4. The topological polar surface area (TPSA) is 136 Å². The molecule has 15 heteroatoms. The van der Waals surface area contributed by atoms with Gasteiger partial charge in [0.25, 0.3) is 11.5 Å². The Balaban J connectivity index is 0.945. The number of nitriles is 1. The predicted octanol–water partition coefficient (Wildman–Crippen LogP) is 3.75. The molecule has 13 nitrogen and oxygen atoms in total. The molecule has 8 rings (SSSR count). The molecule has 1 saturated carbocycles. The van der Waals surface area contributed by atoms with Gasteiger partial charge in [0.05, 0.1) is 16.9 Å². The molecule has 0 radical (unpaired) electrons. The molecule has 2 aromatic carbocycles. The van der Waals surface area contributed by atoms with Crippen molar-refractivity contribution in [2.24, 2.45) is 5.92 Å². The molecule has 1 aliphatic carbocycles. The van der Waals surface area contributed by atoms with Gasteiger partial charge in [-0.1, -0.05) is 6.07 Å². The predicted molar refractivity (Wildman–Crippen MR) is 213 cm³/mol. The summed E-state index contributed by atoms with van der Waals surface area (Å²) in [6, 6.07) is 15.4. The summed E-state index contributed by atoms with van der Waals surface area (Å²) in [6.07, 6.45) is 4.91. The molecule has 55 heavy (non-hydrogen) atoms. The molecular weight excluding hydrogens is 720 g/mol. The number of likely N-dealkylation sites (tertiary alicyclic amines) is 1. The van der Waals surface area contributed by atoms with Gasteiger partial charge in [0.2, 0.25) is 0 Å². The lowest BCUT2D eigenvalue weighted by molar-refractivity contribution is 0.0828. The fourth-order valence-corrected chi connectivity index (χ4v) is 9.66. The van der Waals surface area contributed by atoms with Crippen LogP contribution in [0.5, 0.6) is 0 Å². The summed E-state index contributed by atoms with van der Waals surface area (Å²) in [6.45, 7) is 10.2. The Morgan fingerprint density at radius 3 is 2.58 bits per heavy atom. The van der Waals surface area contributed by atoms with Crippen molar-refractivity contribution < 1.29 is 13.4 Å². The Hall–Kier alpha value is -4.59. The number of hydrogen-bond acceptors (Lipinski definition) is 8. The minimum absolute atomic E-state index is 0.151. The molecule has 1 amide bonds. The van der Waals surface area contributed by atoms with Gasteiger partial charge in [0.1, 0.15) is 23.3 Å². The molecule has 4 aromatic rings. The molecule has 3 N–H and O–H groups in total. The molecular formula is C40H49FN10O3S. The number of benzene rings is 2. The van der Waals surface area contributed by atoms with Crippen LogP contribution in [0.3, 0.4) is 0 Å². The molecule has 0 spiro atoms. The van der Waals surface area contributed by atoms with E-state index < -0.39 is 17.0 Å². The number of aromatic nitrogens is 2. The number of aryl methyl sites for hydroxylation is 1. The second-order valence-corrected chi connectivity index (χ2v) is 16.8. The quantitative estimate of drug-likeness (QED) is 0.199. The van der Waals surface area contributed by atoms with Gasteiger partial charge >= 0.3 is 0 Å². The molecule has 0 bridgehead atoms. The van der Waals surface area contributed by atoms with Crippen molar-refractivity contribution in [1.29, 1.82) is 5.26 Å². The van der Waals surface area contributed by atoms with Crippen molar-refractivity contribution in [2.45, 2.75) is 51.4 Å². The molecule has 4 fully saturated rings. The van der Waals surface area contributed by atoms with Crippen LogP contribution in [-0.2, 0) is 24.3 Å². The number of carbonyl (C=O) groups excluding carboxylic acids is 1. The standard InChI is InChI=1S/C40H49FN10O3S/c1-26-27(4-9-35-32(26)21-31(22-42)51(35)19-16-47-14-17-50(18-15-47)55(54)45-30-6-7-30)23-48-13-11-28-24-49(25-37(28)48)36-10-12-43-39(52)38(36)44-34-8-5-29(41)20-33(34)40(53)46(2)3/h4-5,8-10,12,20-21,28,30,37,44-45H,6-7,11,13-19,23-25H2,1-3H3,(H,43,52). The molecule has 3 saturated heterocycles.